The second kappa shape index (κ2) is 9.04. The Bertz CT molecular complexity index is 670. The molecule has 0 spiro atoms. The van der Waals surface area contributed by atoms with Gasteiger partial charge in [0.05, 0.1) is 11.7 Å². The average molecular weight is 358 g/mol. The van der Waals surface area contributed by atoms with E-state index in [0.717, 1.165) is 18.4 Å². The summed E-state index contributed by atoms with van der Waals surface area (Å²) in [7, 11) is 0. The molecule has 2 N–H and O–H groups in total. The van der Waals surface area contributed by atoms with Crippen LogP contribution in [0.5, 0.6) is 5.75 Å². The summed E-state index contributed by atoms with van der Waals surface area (Å²) < 4.78 is 5.85. The van der Waals surface area contributed by atoms with Crippen molar-refractivity contribution >= 4 is 5.97 Å². The zero-order valence-electron chi connectivity index (χ0n) is 16.1. The van der Waals surface area contributed by atoms with Gasteiger partial charge in [0.1, 0.15) is 11.9 Å². The summed E-state index contributed by atoms with van der Waals surface area (Å²) >= 11 is 0. The third kappa shape index (κ3) is 5.46. The van der Waals surface area contributed by atoms with Crippen LogP contribution in [0, 0.1) is 11.8 Å². The lowest BCUT2D eigenvalue weighted by atomic mass is 9.81. The van der Waals surface area contributed by atoms with Crippen LogP contribution in [0.1, 0.15) is 57.3 Å². The molecular weight excluding hydrogens is 328 g/mol. The molecule has 142 valence electrons. The van der Waals surface area contributed by atoms with E-state index in [1.165, 1.54) is 17.7 Å². The minimum Gasteiger partial charge on any atom is -0.508 e. The lowest BCUT2D eigenvalue weighted by Gasteiger charge is -2.33. The van der Waals surface area contributed by atoms with E-state index in [-0.39, 0.29) is 17.6 Å². The van der Waals surface area contributed by atoms with Crippen molar-refractivity contribution in [3.05, 3.63) is 53.1 Å². The highest BCUT2D eigenvalue weighted by molar-refractivity contribution is 5.89. The molecule has 0 aromatic heterocycles. The highest BCUT2D eigenvalue weighted by atomic mass is 16.5. The van der Waals surface area contributed by atoms with Crippen LogP contribution < -0.4 is 0 Å². The number of phenols is 1. The topological polar surface area (TPSA) is 66.8 Å². The first kappa shape index (κ1) is 20.2. The molecule has 1 aromatic carbocycles. The zero-order chi connectivity index (χ0) is 19.3. The van der Waals surface area contributed by atoms with Crippen molar-refractivity contribution < 1.29 is 19.7 Å². The van der Waals surface area contributed by atoms with Gasteiger partial charge in [0.2, 0.25) is 0 Å². The van der Waals surface area contributed by atoms with Gasteiger partial charge in [-0.05, 0) is 56.9 Å². The molecule has 4 nitrogen and oxygen atoms in total. The number of carbonyl (C=O) groups is 1. The van der Waals surface area contributed by atoms with Gasteiger partial charge in [0.15, 0.2) is 0 Å². The van der Waals surface area contributed by atoms with Gasteiger partial charge < -0.3 is 14.9 Å². The van der Waals surface area contributed by atoms with E-state index in [2.05, 4.69) is 6.08 Å². The molecule has 0 saturated carbocycles. The molecule has 26 heavy (non-hydrogen) atoms. The molecule has 0 aliphatic heterocycles. The first-order chi connectivity index (χ1) is 12.3. The van der Waals surface area contributed by atoms with Crippen LogP contribution in [-0.2, 0) is 4.74 Å². The Hall–Kier alpha value is -2.07. The number of esters is 1. The molecule has 1 aromatic rings. The molecule has 0 amide bonds. The van der Waals surface area contributed by atoms with Gasteiger partial charge in [-0.3, -0.25) is 0 Å². The normalized spacial score (nSPS) is 26.6. The minimum absolute atomic E-state index is 0.107. The van der Waals surface area contributed by atoms with E-state index in [1.54, 1.807) is 12.1 Å². The number of carbonyl (C=O) groups excluding carboxylic acids is 1. The SMILES string of the molecule is CC1=CCC/C(C)=C/[C@@H](O)C(C(C)C)C(OC(=O)c2ccc(O)cc2)C1. The van der Waals surface area contributed by atoms with Gasteiger partial charge in [0.25, 0.3) is 0 Å². The van der Waals surface area contributed by atoms with Crippen LogP contribution in [-0.4, -0.2) is 28.4 Å². The Kier molecular flexibility index (Phi) is 7.04. The van der Waals surface area contributed by atoms with Gasteiger partial charge >= 0.3 is 5.97 Å². The Morgan fingerprint density at radius 1 is 1.15 bits per heavy atom. The molecule has 2 rings (SSSR count). The molecule has 0 radical (unpaired) electrons. The van der Waals surface area contributed by atoms with Gasteiger partial charge in [-0.15, -0.1) is 0 Å². The fourth-order valence-corrected chi connectivity index (χ4v) is 3.54. The molecule has 0 heterocycles. The van der Waals surface area contributed by atoms with Crippen molar-refractivity contribution in [2.45, 2.75) is 59.2 Å². The first-order valence-corrected chi connectivity index (χ1v) is 9.29. The molecule has 4 heteroatoms. The summed E-state index contributed by atoms with van der Waals surface area (Å²) in [6, 6.07) is 6.03. The zero-order valence-corrected chi connectivity index (χ0v) is 16.1. The minimum atomic E-state index is -0.654. The van der Waals surface area contributed by atoms with E-state index >= 15 is 0 Å². The standard InChI is InChI=1S/C22H30O4/c1-14(2)21-19(24)12-15(3)6-5-7-16(4)13-20(21)26-22(25)17-8-10-18(23)11-9-17/h7-12,14,19-21,23-24H,5-6,13H2,1-4H3/b15-12+,16-7?/t19-,20?,21?/m1/s1. The molecule has 0 fully saturated rings. The maximum atomic E-state index is 12.6. The average Bonchev–Trinajstić information content (AvgIpc) is 2.54. The second-order valence-corrected chi connectivity index (χ2v) is 7.61. The van der Waals surface area contributed by atoms with Crippen molar-refractivity contribution in [2.24, 2.45) is 11.8 Å². The van der Waals surface area contributed by atoms with Gasteiger partial charge in [-0.2, -0.15) is 0 Å². The van der Waals surface area contributed by atoms with E-state index in [9.17, 15) is 15.0 Å². The van der Waals surface area contributed by atoms with Crippen LogP contribution in [0.15, 0.2) is 47.6 Å². The summed E-state index contributed by atoms with van der Waals surface area (Å²) in [5.74, 6) is -0.361. The number of hydrogen-bond donors (Lipinski definition) is 2. The number of benzene rings is 1. The number of phenolic OH excluding ortho intramolecular Hbond substituents is 1. The smallest absolute Gasteiger partial charge is 0.338 e. The van der Waals surface area contributed by atoms with Crippen molar-refractivity contribution in [3.8, 4) is 5.75 Å². The molecule has 1 aliphatic rings. The van der Waals surface area contributed by atoms with Gasteiger partial charge in [-0.25, -0.2) is 4.79 Å². The third-order valence-corrected chi connectivity index (χ3v) is 4.96. The third-order valence-electron chi connectivity index (χ3n) is 4.96. The lowest BCUT2D eigenvalue weighted by molar-refractivity contribution is -0.0216. The lowest BCUT2D eigenvalue weighted by Crippen LogP contribution is -2.38. The summed E-state index contributed by atoms with van der Waals surface area (Å²) in [4.78, 5) is 12.6. The quantitative estimate of drug-likeness (QED) is 0.611. The Morgan fingerprint density at radius 2 is 1.81 bits per heavy atom. The van der Waals surface area contributed by atoms with E-state index in [1.807, 2.05) is 33.8 Å². The number of hydrogen-bond acceptors (Lipinski definition) is 4. The van der Waals surface area contributed by atoms with Crippen LogP contribution in [0.4, 0.5) is 0 Å². The van der Waals surface area contributed by atoms with E-state index in [4.69, 9.17) is 4.74 Å². The Balaban J connectivity index is 2.30. The fraction of sp³-hybridized carbons (Fsp3) is 0.500. The number of rotatable bonds is 3. The van der Waals surface area contributed by atoms with Gasteiger partial charge in [0, 0.05) is 12.3 Å². The van der Waals surface area contributed by atoms with Crippen molar-refractivity contribution in [1.82, 2.24) is 0 Å². The van der Waals surface area contributed by atoms with Crippen molar-refractivity contribution in [3.63, 3.8) is 0 Å². The highest BCUT2D eigenvalue weighted by Crippen LogP contribution is 2.30. The fourth-order valence-electron chi connectivity index (χ4n) is 3.54. The maximum absolute atomic E-state index is 12.6. The Morgan fingerprint density at radius 3 is 2.42 bits per heavy atom. The molecule has 2 unspecified atom stereocenters. The number of ether oxygens (including phenoxy) is 1. The van der Waals surface area contributed by atoms with Crippen molar-refractivity contribution in [2.75, 3.05) is 0 Å². The predicted octanol–water partition coefficient (Wildman–Crippen LogP) is 4.63. The summed E-state index contributed by atoms with van der Waals surface area (Å²) in [5, 5.41) is 20.2. The van der Waals surface area contributed by atoms with Crippen LogP contribution >= 0.6 is 0 Å². The predicted molar refractivity (Wildman–Crippen MR) is 103 cm³/mol. The molecular formula is C22H30O4. The Labute approximate surface area is 156 Å². The maximum Gasteiger partial charge on any atom is 0.338 e. The second-order valence-electron chi connectivity index (χ2n) is 7.61. The molecule has 1 aliphatic carbocycles. The monoisotopic (exact) mass is 358 g/mol. The summed E-state index contributed by atoms with van der Waals surface area (Å²) in [5.41, 5.74) is 2.71. The number of aliphatic hydroxyl groups is 1. The summed E-state index contributed by atoms with van der Waals surface area (Å²) in [6.07, 6.45) is 5.48. The number of aromatic hydroxyl groups is 1. The van der Waals surface area contributed by atoms with Crippen molar-refractivity contribution in [1.29, 1.82) is 0 Å². The number of allylic oxidation sites excluding steroid dienone is 2. The van der Waals surface area contributed by atoms with Crippen LogP contribution in [0.25, 0.3) is 0 Å². The van der Waals surface area contributed by atoms with Crippen LogP contribution in [0.2, 0.25) is 0 Å². The molecule has 3 atom stereocenters. The summed E-state index contributed by atoms with van der Waals surface area (Å²) in [6.45, 7) is 8.17. The molecule has 0 bridgehead atoms. The first-order valence-electron chi connectivity index (χ1n) is 9.29. The van der Waals surface area contributed by atoms with E-state index < -0.39 is 18.2 Å². The van der Waals surface area contributed by atoms with Gasteiger partial charge in [-0.1, -0.05) is 37.1 Å². The number of aliphatic hydroxyl groups excluding tert-OH is 1. The van der Waals surface area contributed by atoms with Crippen LogP contribution in [0.3, 0.4) is 0 Å². The molecule has 0 saturated heterocycles. The largest absolute Gasteiger partial charge is 0.508 e. The highest BCUT2D eigenvalue weighted by Gasteiger charge is 2.33. The van der Waals surface area contributed by atoms with E-state index in [0.29, 0.717) is 12.0 Å².